The van der Waals surface area contributed by atoms with Crippen molar-refractivity contribution in [2.75, 3.05) is 13.1 Å². The fraction of sp³-hybridized carbons (Fsp3) is 0.818. The van der Waals surface area contributed by atoms with Gasteiger partial charge in [-0.05, 0) is 32.1 Å². The first-order valence-electron chi connectivity index (χ1n) is 5.31. The lowest BCUT2D eigenvalue weighted by atomic mass is 9.88. The normalized spacial score (nSPS) is 28.7. The predicted molar refractivity (Wildman–Crippen MR) is 53.6 cm³/mol. The van der Waals surface area contributed by atoms with Gasteiger partial charge in [0.25, 0.3) is 0 Å². The SMILES string of the molecule is C=CCC1(O)CCN(C2CC2)CC1. The zero-order valence-corrected chi connectivity index (χ0v) is 8.21. The molecule has 0 atom stereocenters. The van der Waals surface area contributed by atoms with Crippen molar-refractivity contribution in [3.8, 4) is 0 Å². The van der Waals surface area contributed by atoms with Crippen LogP contribution >= 0.6 is 0 Å². The Kier molecular flexibility index (Phi) is 2.43. The summed E-state index contributed by atoms with van der Waals surface area (Å²) in [4.78, 5) is 2.53. The molecular formula is C11H19NO. The van der Waals surface area contributed by atoms with E-state index < -0.39 is 5.60 Å². The second kappa shape index (κ2) is 3.43. The Morgan fingerprint density at radius 2 is 2.00 bits per heavy atom. The van der Waals surface area contributed by atoms with Crippen LogP contribution in [0.1, 0.15) is 32.1 Å². The average Bonchev–Trinajstić information content (AvgIpc) is 2.89. The van der Waals surface area contributed by atoms with Gasteiger partial charge in [0.05, 0.1) is 5.60 Å². The number of hydrogen-bond acceptors (Lipinski definition) is 2. The van der Waals surface area contributed by atoms with E-state index in [9.17, 15) is 5.11 Å². The number of aliphatic hydroxyl groups is 1. The first-order chi connectivity index (χ1) is 6.23. The van der Waals surface area contributed by atoms with Gasteiger partial charge in [0.15, 0.2) is 0 Å². The van der Waals surface area contributed by atoms with E-state index in [4.69, 9.17) is 0 Å². The van der Waals surface area contributed by atoms with Gasteiger partial charge in [0.2, 0.25) is 0 Å². The summed E-state index contributed by atoms with van der Waals surface area (Å²) in [6.45, 7) is 5.85. The number of rotatable bonds is 3. The van der Waals surface area contributed by atoms with Crippen LogP contribution in [0.15, 0.2) is 12.7 Å². The summed E-state index contributed by atoms with van der Waals surface area (Å²) in [5.74, 6) is 0. The Labute approximate surface area is 80.2 Å². The van der Waals surface area contributed by atoms with E-state index >= 15 is 0 Å². The van der Waals surface area contributed by atoms with E-state index in [-0.39, 0.29) is 0 Å². The molecule has 0 aromatic heterocycles. The molecule has 1 saturated carbocycles. The molecule has 2 heteroatoms. The molecule has 1 saturated heterocycles. The molecule has 2 fully saturated rings. The highest BCUT2D eigenvalue weighted by Gasteiger charge is 2.36. The maximum absolute atomic E-state index is 10.1. The van der Waals surface area contributed by atoms with E-state index in [1.807, 2.05) is 6.08 Å². The van der Waals surface area contributed by atoms with Gasteiger partial charge in [-0.15, -0.1) is 6.58 Å². The minimum Gasteiger partial charge on any atom is -0.389 e. The molecule has 0 bridgehead atoms. The lowest BCUT2D eigenvalue weighted by Gasteiger charge is -2.37. The van der Waals surface area contributed by atoms with Gasteiger partial charge >= 0.3 is 0 Å². The summed E-state index contributed by atoms with van der Waals surface area (Å²) in [7, 11) is 0. The van der Waals surface area contributed by atoms with Gasteiger partial charge < -0.3 is 10.0 Å². The molecule has 13 heavy (non-hydrogen) atoms. The van der Waals surface area contributed by atoms with Gasteiger partial charge in [-0.25, -0.2) is 0 Å². The zero-order valence-electron chi connectivity index (χ0n) is 8.21. The zero-order chi connectivity index (χ0) is 9.31. The maximum Gasteiger partial charge on any atom is 0.0706 e. The van der Waals surface area contributed by atoms with Crippen LogP contribution in [0.4, 0.5) is 0 Å². The molecule has 2 nitrogen and oxygen atoms in total. The van der Waals surface area contributed by atoms with E-state index in [1.54, 1.807) is 0 Å². The minimum absolute atomic E-state index is 0.437. The van der Waals surface area contributed by atoms with Gasteiger partial charge in [-0.2, -0.15) is 0 Å². The number of hydrogen-bond donors (Lipinski definition) is 1. The molecule has 0 radical (unpaired) electrons. The van der Waals surface area contributed by atoms with Crippen molar-refractivity contribution >= 4 is 0 Å². The molecule has 0 unspecified atom stereocenters. The monoisotopic (exact) mass is 181 g/mol. The Morgan fingerprint density at radius 3 is 2.46 bits per heavy atom. The maximum atomic E-state index is 10.1. The van der Waals surface area contributed by atoms with E-state index in [0.29, 0.717) is 0 Å². The lowest BCUT2D eigenvalue weighted by Crippen LogP contribution is -2.44. The number of nitrogens with zero attached hydrogens (tertiary/aromatic N) is 1. The van der Waals surface area contributed by atoms with Gasteiger partial charge in [-0.3, -0.25) is 0 Å². The van der Waals surface area contributed by atoms with Crippen LogP contribution in [0.5, 0.6) is 0 Å². The van der Waals surface area contributed by atoms with Gasteiger partial charge in [0, 0.05) is 19.1 Å². The molecule has 1 aliphatic heterocycles. The standard InChI is InChI=1S/C11H19NO/c1-2-5-11(13)6-8-12(9-7-11)10-3-4-10/h2,10,13H,1,3-9H2. The molecule has 0 aromatic rings. The number of likely N-dealkylation sites (tertiary alicyclic amines) is 1. The molecule has 1 N–H and O–H groups in total. The van der Waals surface area contributed by atoms with E-state index in [2.05, 4.69) is 11.5 Å². The Balaban J connectivity index is 1.83. The highest BCUT2D eigenvalue weighted by Crippen LogP contribution is 2.33. The summed E-state index contributed by atoms with van der Waals surface area (Å²) >= 11 is 0. The molecule has 2 rings (SSSR count). The predicted octanol–water partition coefficient (Wildman–Crippen LogP) is 1.55. The average molecular weight is 181 g/mol. The van der Waals surface area contributed by atoms with Crippen molar-refractivity contribution in [3.63, 3.8) is 0 Å². The summed E-state index contributed by atoms with van der Waals surface area (Å²) in [6.07, 6.45) is 7.20. The highest BCUT2D eigenvalue weighted by atomic mass is 16.3. The fourth-order valence-electron chi connectivity index (χ4n) is 2.22. The molecular weight excluding hydrogens is 162 g/mol. The van der Waals surface area contributed by atoms with Gasteiger partial charge in [-0.1, -0.05) is 6.08 Å². The minimum atomic E-state index is -0.437. The second-order valence-corrected chi connectivity index (χ2v) is 4.48. The molecule has 1 heterocycles. The summed E-state index contributed by atoms with van der Waals surface area (Å²) in [5.41, 5.74) is -0.437. The van der Waals surface area contributed by atoms with Crippen molar-refractivity contribution in [1.29, 1.82) is 0 Å². The Hall–Kier alpha value is -0.340. The van der Waals surface area contributed by atoms with Crippen molar-refractivity contribution in [1.82, 2.24) is 4.90 Å². The smallest absolute Gasteiger partial charge is 0.0706 e. The van der Waals surface area contributed by atoms with Crippen LogP contribution < -0.4 is 0 Å². The molecule has 2 aliphatic rings. The third-order valence-electron chi connectivity index (χ3n) is 3.32. The third-order valence-corrected chi connectivity index (χ3v) is 3.32. The van der Waals surface area contributed by atoms with Crippen molar-refractivity contribution in [2.45, 2.75) is 43.7 Å². The topological polar surface area (TPSA) is 23.5 Å². The lowest BCUT2D eigenvalue weighted by molar-refractivity contribution is -0.0203. The quantitative estimate of drug-likeness (QED) is 0.668. The third kappa shape index (κ3) is 2.12. The summed E-state index contributed by atoms with van der Waals surface area (Å²) in [5, 5.41) is 10.1. The van der Waals surface area contributed by atoms with Crippen LogP contribution in [0.25, 0.3) is 0 Å². The molecule has 0 amide bonds. The Morgan fingerprint density at radius 1 is 1.38 bits per heavy atom. The molecule has 0 spiro atoms. The van der Waals surface area contributed by atoms with Crippen LogP contribution in [0.2, 0.25) is 0 Å². The fourth-order valence-corrected chi connectivity index (χ4v) is 2.22. The van der Waals surface area contributed by atoms with Gasteiger partial charge in [0.1, 0.15) is 0 Å². The van der Waals surface area contributed by atoms with Crippen LogP contribution in [-0.4, -0.2) is 34.7 Å². The van der Waals surface area contributed by atoms with Crippen LogP contribution in [0.3, 0.4) is 0 Å². The van der Waals surface area contributed by atoms with Crippen molar-refractivity contribution < 1.29 is 5.11 Å². The first kappa shape index (κ1) is 9.22. The van der Waals surface area contributed by atoms with Crippen molar-refractivity contribution in [3.05, 3.63) is 12.7 Å². The summed E-state index contributed by atoms with van der Waals surface area (Å²) in [6, 6.07) is 0.855. The Bertz CT molecular complexity index is 190. The van der Waals surface area contributed by atoms with Crippen LogP contribution in [-0.2, 0) is 0 Å². The number of piperidine rings is 1. The van der Waals surface area contributed by atoms with Crippen LogP contribution in [0, 0.1) is 0 Å². The summed E-state index contributed by atoms with van der Waals surface area (Å²) < 4.78 is 0. The largest absolute Gasteiger partial charge is 0.389 e. The molecule has 74 valence electrons. The highest BCUT2D eigenvalue weighted by molar-refractivity contribution is 4.95. The van der Waals surface area contributed by atoms with E-state index in [0.717, 1.165) is 38.4 Å². The second-order valence-electron chi connectivity index (χ2n) is 4.48. The molecule has 0 aromatic carbocycles. The first-order valence-corrected chi connectivity index (χ1v) is 5.31. The van der Waals surface area contributed by atoms with E-state index in [1.165, 1.54) is 12.8 Å². The molecule has 1 aliphatic carbocycles. The van der Waals surface area contributed by atoms with Crippen molar-refractivity contribution in [2.24, 2.45) is 0 Å².